The molecular weight excluding hydrogens is 328 g/mol. The van der Waals surface area contributed by atoms with Gasteiger partial charge in [0.05, 0.1) is 0 Å². The Balaban J connectivity index is 1.98. The lowest BCUT2D eigenvalue weighted by molar-refractivity contribution is -0.139. The number of hydrogen-bond donors (Lipinski definition) is 1. The quantitative estimate of drug-likeness (QED) is 0.402. The van der Waals surface area contributed by atoms with Crippen LogP contribution in [0.2, 0.25) is 0 Å². The van der Waals surface area contributed by atoms with Crippen molar-refractivity contribution in [2.75, 3.05) is 19.8 Å². The van der Waals surface area contributed by atoms with E-state index in [0.717, 1.165) is 49.0 Å². The Bertz CT molecular complexity index is 660. The molecule has 0 saturated heterocycles. The van der Waals surface area contributed by atoms with E-state index in [1.54, 1.807) is 6.92 Å². The van der Waals surface area contributed by atoms with Gasteiger partial charge >= 0.3 is 5.97 Å². The van der Waals surface area contributed by atoms with Gasteiger partial charge in [0.2, 0.25) is 0 Å². The molecule has 0 aromatic heterocycles. The van der Waals surface area contributed by atoms with Crippen molar-refractivity contribution in [3.63, 3.8) is 0 Å². The molecular formula is C22H30O4. The van der Waals surface area contributed by atoms with Gasteiger partial charge in [0.1, 0.15) is 19.0 Å². The van der Waals surface area contributed by atoms with Crippen molar-refractivity contribution in [3.8, 4) is 5.75 Å². The number of ether oxygens (including phenoxy) is 2. The molecule has 1 aromatic carbocycles. The minimum Gasteiger partial charge on any atom is -0.489 e. The number of allylic oxidation sites excluding steroid dienone is 2. The van der Waals surface area contributed by atoms with Crippen LogP contribution in [0.4, 0.5) is 0 Å². The van der Waals surface area contributed by atoms with E-state index < -0.39 is 0 Å². The monoisotopic (exact) mass is 358 g/mol. The van der Waals surface area contributed by atoms with Crippen LogP contribution >= 0.6 is 0 Å². The Morgan fingerprint density at radius 1 is 1.35 bits per heavy atom. The van der Waals surface area contributed by atoms with Gasteiger partial charge in [-0.3, -0.25) is 0 Å². The molecule has 0 spiro atoms. The summed E-state index contributed by atoms with van der Waals surface area (Å²) < 4.78 is 11.0. The number of carbonyl (C=O) groups excluding carboxylic acids is 1. The van der Waals surface area contributed by atoms with Crippen LogP contribution in [0.3, 0.4) is 0 Å². The van der Waals surface area contributed by atoms with Gasteiger partial charge < -0.3 is 14.6 Å². The van der Waals surface area contributed by atoms with E-state index in [0.29, 0.717) is 18.1 Å². The second kappa shape index (κ2) is 10.2. The van der Waals surface area contributed by atoms with Crippen LogP contribution in [-0.2, 0) is 9.53 Å². The molecule has 1 atom stereocenters. The molecule has 2 rings (SSSR count). The van der Waals surface area contributed by atoms with Crippen LogP contribution in [0.1, 0.15) is 50.2 Å². The molecule has 0 radical (unpaired) electrons. The fraction of sp³-hybridized carbons (Fsp3) is 0.500. The van der Waals surface area contributed by atoms with Gasteiger partial charge in [0.25, 0.3) is 0 Å². The van der Waals surface area contributed by atoms with E-state index in [1.807, 2.05) is 13.0 Å². The van der Waals surface area contributed by atoms with Gasteiger partial charge in [0, 0.05) is 17.7 Å². The van der Waals surface area contributed by atoms with E-state index in [2.05, 4.69) is 24.8 Å². The minimum absolute atomic E-state index is 0.210. The van der Waals surface area contributed by atoms with E-state index in [-0.39, 0.29) is 19.2 Å². The summed E-state index contributed by atoms with van der Waals surface area (Å²) in [6, 6.07) is 6.25. The van der Waals surface area contributed by atoms with Gasteiger partial charge in [-0.1, -0.05) is 24.8 Å². The first kappa shape index (κ1) is 20.2. The molecule has 0 fully saturated rings. The number of aryl methyl sites for hydroxylation is 1. The molecule has 142 valence electrons. The van der Waals surface area contributed by atoms with Crippen LogP contribution in [0.15, 0.2) is 36.4 Å². The minimum atomic E-state index is -0.387. The zero-order valence-corrected chi connectivity index (χ0v) is 15.9. The number of rotatable bonds is 9. The number of esters is 1. The Morgan fingerprint density at radius 3 is 2.81 bits per heavy atom. The maximum atomic E-state index is 11.4. The first-order valence-electron chi connectivity index (χ1n) is 9.37. The van der Waals surface area contributed by atoms with Crippen LogP contribution in [-0.4, -0.2) is 30.9 Å². The molecule has 1 N–H and O–H groups in total. The second-order valence-electron chi connectivity index (χ2n) is 7.00. The highest BCUT2D eigenvalue weighted by Gasteiger charge is 2.17. The van der Waals surface area contributed by atoms with Crippen LogP contribution in [0.25, 0.3) is 5.57 Å². The topological polar surface area (TPSA) is 55.8 Å². The van der Waals surface area contributed by atoms with Gasteiger partial charge in [-0.25, -0.2) is 4.79 Å². The van der Waals surface area contributed by atoms with Crippen molar-refractivity contribution >= 4 is 11.5 Å². The van der Waals surface area contributed by atoms with Crippen molar-refractivity contribution in [2.24, 2.45) is 5.92 Å². The van der Waals surface area contributed by atoms with E-state index in [1.165, 1.54) is 5.57 Å². The lowest BCUT2D eigenvalue weighted by atomic mass is 9.84. The molecule has 4 heteroatoms. The van der Waals surface area contributed by atoms with Crippen LogP contribution < -0.4 is 4.74 Å². The zero-order chi connectivity index (χ0) is 18.9. The largest absolute Gasteiger partial charge is 0.489 e. The van der Waals surface area contributed by atoms with Gasteiger partial charge in [-0.2, -0.15) is 0 Å². The molecule has 0 saturated carbocycles. The Kier molecular flexibility index (Phi) is 7.92. The standard InChI is InChI=1S/C22H30O4/c1-16(2)22(24)26-14-13-25-21-15-17(3)6-11-20(21)19-9-7-18(8-10-19)5-4-12-23/h6,9,11,15,18,23H,1,4-5,7-8,10,12-14H2,2-3H3. The fourth-order valence-electron chi connectivity index (χ4n) is 3.20. The van der Waals surface area contributed by atoms with E-state index in [4.69, 9.17) is 14.6 Å². The Hall–Kier alpha value is -2.07. The van der Waals surface area contributed by atoms with Crippen LogP contribution in [0.5, 0.6) is 5.75 Å². The normalized spacial score (nSPS) is 16.7. The molecule has 1 aliphatic rings. The zero-order valence-electron chi connectivity index (χ0n) is 15.9. The van der Waals surface area contributed by atoms with Crippen molar-refractivity contribution < 1.29 is 19.4 Å². The third-order valence-electron chi connectivity index (χ3n) is 4.70. The summed E-state index contributed by atoms with van der Waals surface area (Å²) in [6.07, 6.45) is 7.51. The molecule has 0 bridgehead atoms. The number of carbonyl (C=O) groups is 1. The van der Waals surface area contributed by atoms with Crippen molar-refractivity contribution in [3.05, 3.63) is 47.6 Å². The molecule has 0 aliphatic heterocycles. The van der Waals surface area contributed by atoms with Crippen molar-refractivity contribution in [1.82, 2.24) is 0 Å². The fourth-order valence-corrected chi connectivity index (χ4v) is 3.20. The Morgan fingerprint density at radius 2 is 2.15 bits per heavy atom. The number of aliphatic hydroxyl groups excluding tert-OH is 1. The molecule has 0 amide bonds. The maximum Gasteiger partial charge on any atom is 0.333 e. The summed E-state index contributed by atoms with van der Waals surface area (Å²) in [4.78, 5) is 11.4. The van der Waals surface area contributed by atoms with Gasteiger partial charge in [-0.15, -0.1) is 0 Å². The summed E-state index contributed by atoms with van der Waals surface area (Å²) in [5, 5.41) is 8.99. The SMILES string of the molecule is C=C(C)C(=O)OCCOc1cc(C)ccc1C1=CCC(CCCO)CC1. The smallest absolute Gasteiger partial charge is 0.333 e. The molecule has 1 aliphatic carbocycles. The number of aliphatic hydroxyl groups is 1. The summed E-state index contributed by atoms with van der Waals surface area (Å²) in [7, 11) is 0. The summed E-state index contributed by atoms with van der Waals surface area (Å²) >= 11 is 0. The maximum absolute atomic E-state index is 11.4. The third kappa shape index (κ3) is 6.03. The first-order chi connectivity index (χ1) is 12.5. The highest BCUT2D eigenvalue weighted by Crippen LogP contribution is 2.36. The van der Waals surface area contributed by atoms with Gasteiger partial charge in [0.15, 0.2) is 0 Å². The average molecular weight is 358 g/mol. The van der Waals surface area contributed by atoms with Gasteiger partial charge in [-0.05, 0) is 69.1 Å². The number of hydrogen-bond acceptors (Lipinski definition) is 4. The molecule has 26 heavy (non-hydrogen) atoms. The predicted octanol–water partition coefficient (Wildman–Crippen LogP) is 4.45. The predicted molar refractivity (Wildman–Crippen MR) is 104 cm³/mol. The second-order valence-corrected chi connectivity index (χ2v) is 7.00. The third-order valence-corrected chi connectivity index (χ3v) is 4.70. The number of benzene rings is 1. The highest BCUT2D eigenvalue weighted by molar-refractivity contribution is 5.86. The summed E-state index contributed by atoms with van der Waals surface area (Å²) in [5.74, 6) is 1.13. The van der Waals surface area contributed by atoms with Crippen molar-refractivity contribution in [1.29, 1.82) is 0 Å². The average Bonchev–Trinajstić information content (AvgIpc) is 2.64. The van der Waals surface area contributed by atoms with E-state index in [9.17, 15) is 4.79 Å². The molecule has 1 aromatic rings. The lowest BCUT2D eigenvalue weighted by Gasteiger charge is -2.23. The Labute approximate surface area is 156 Å². The molecule has 1 unspecified atom stereocenters. The van der Waals surface area contributed by atoms with E-state index >= 15 is 0 Å². The molecule has 0 heterocycles. The lowest BCUT2D eigenvalue weighted by Crippen LogP contribution is -2.13. The summed E-state index contributed by atoms with van der Waals surface area (Å²) in [6.45, 7) is 8.04. The van der Waals surface area contributed by atoms with Crippen LogP contribution in [0, 0.1) is 12.8 Å². The summed E-state index contributed by atoms with van der Waals surface area (Å²) in [5.41, 5.74) is 3.98. The van der Waals surface area contributed by atoms with Crippen molar-refractivity contribution in [2.45, 2.75) is 46.0 Å². The first-order valence-corrected chi connectivity index (χ1v) is 9.37. The highest BCUT2D eigenvalue weighted by atomic mass is 16.6. The molecule has 4 nitrogen and oxygen atoms in total.